The van der Waals surface area contributed by atoms with E-state index in [0.29, 0.717) is 5.69 Å². The van der Waals surface area contributed by atoms with Crippen molar-refractivity contribution in [2.45, 2.75) is 32.9 Å². The highest BCUT2D eigenvalue weighted by Gasteiger charge is 2.22. The lowest BCUT2D eigenvalue weighted by Crippen LogP contribution is -2.35. The van der Waals surface area contributed by atoms with E-state index in [2.05, 4.69) is 28.9 Å². The molecule has 0 atom stereocenters. The minimum absolute atomic E-state index is 0.0395. The molecule has 2 aromatic rings. The van der Waals surface area contributed by atoms with Crippen LogP contribution in [0.2, 0.25) is 0 Å². The molecule has 0 unspecified atom stereocenters. The van der Waals surface area contributed by atoms with Gasteiger partial charge in [0, 0.05) is 63.8 Å². The van der Waals surface area contributed by atoms with Crippen LogP contribution in [0, 0.1) is 0 Å². The molecule has 3 rings (SSSR count). The van der Waals surface area contributed by atoms with Crippen LogP contribution in [-0.4, -0.2) is 61.4 Å². The average Bonchev–Trinajstić information content (AvgIpc) is 3.12. The quantitative estimate of drug-likeness (QED) is 0.853. The summed E-state index contributed by atoms with van der Waals surface area (Å²) in [6, 6.07) is 2.09. The maximum atomic E-state index is 12.7. The van der Waals surface area contributed by atoms with E-state index in [-0.39, 0.29) is 11.9 Å². The van der Waals surface area contributed by atoms with Crippen LogP contribution < -0.4 is 0 Å². The van der Waals surface area contributed by atoms with Gasteiger partial charge in [-0.05, 0) is 26.3 Å². The summed E-state index contributed by atoms with van der Waals surface area (Å²) in [6.45, 7) is 8.42. The van der Waals surface area contributed by atoms with Crippen LogP contribution in [-0.2, 0) is 13.6 Å². The molecule has 1 aliphatic rings. The highest BCUT2D eigenvalue weighted by molar-refractivity contribution is 5.92. The fourth-order valence-electron chi connectivity index (χ4n) is 3.05. The number of hydrogen-bond donors (Lipinski definition) is 0. The van der Waals surface area contributed by atoms with E-state index in [1.54, 1.807) is 0 Å². The summed E-state index contributed by atoms with van der Waals surface area (Å²) in [5, 5.41) is 8.63. The molecule has 0 aliphatic carbocycles. The van der Waals surface area contributed by atoms with Gasteiger partial charge in [0.05, 0.1) is 6.20 Å². The van der Waals surface area contributed by atoms with E-state index in [1.807, 2.05) is 46.0 Å². The molecule has 130 valence electrons. The maximum Gasteiger partial charge on any atom is 0.274 e. The van der Waals surface area contributed by atoms with E-state index in [4.69, 9.17) is 0 Å². The van der Waals surface area contributed by atoms with Crippen LogP contribution in [0.4, 0.5) is 0 Å². The summed E-state index contributed by atoms with van der Waals surface area (Å²) >= 11 is 0. The van der Waals surface area contributed by atoms with Crippen molar-refractivity contribution in [1.82, 2.24) is 29.4 Å². The van der Waals surface area contributed by atoms with E-state index >= 15 is 0 Å². The van der Waals surface area contributed by atoms with Crippen molar-refractivity contribution in [3.8, 4) is 0 Å². The highest BCUT2D eigenvalue weighted by Crippen LogP contribution is 2.12. The molecule has 0 aromatic carbocycles. The van der Waals surface area contributed by atoms with E-state index in [9.17, 15) is 4.79 Å². The van der Waals surface area contributed by atoms with Gasteiger partial charge in [-0.1, -0.05) is 0 Å². The fraction of sp³-hybridized carbons (Fsp3) is 0.588. The zero-order chi connectivity index (χ0) is 17.1. The predicted molar refractivity (Wildman–Crippen MR) is 91.6 cm³/mol. The Bertz CT molecular complexity index is 689. The first-order chi connectivity index (χ1) is 11.5. The smallest absolute Gasteiger partial charge is 0.274 e. The van der Waals surface area contributed by atoms with Gasteiger partial charge in [-0.25, -0.2) is 0 Å². The number of hydrogen-bond acceptors (Lipinski definition) is 4. The summed E-state index contributed by atoms with van der Waals surface area (Å²) in [5.41, 5.74) is 1.76. The average molecular weight is 330 g/mol. The Hall–Kier alpha value is -2.15. The molecular formula is C17H26N6O. The molecular weight excluding hydrogens is 304 g/mol. The second-order valence-electron chi connectivity index (χ2n) is 6.72. The van der Waals surface area contributed by atoms with Crippen molar-refractivity contribution in [2.24, 2.45) is 7.05 Å². The molecule has 1 saturated heterocycles. The molecule has 2 aromatic heterocycles. The lowest BCUT2D eigenvalue weighted by Gasteiger charge is -2.21. The van der Waals surface area contributed by atoms with E-state index < -0.39 is 0 Å². The number of rotatable bonds is 4. The van der Waals surface area contributed by atoms with Crippen LogP contribution in [0.25, 0.3) is 0 Å². The van der Waals surface area contributed by atoms with Gasteiger partial charge in [0.25, 0.3) is 5.91 Å². The van der Waals surface area contributed by atoms with Crippen molar-refractivity contribution in [3.05, 3.63) is 35.9 Å². The van der Waals surface area contributed by atoms with Crippen LogP contribution in [0.1, 0.15) is 42.4 Å². The molecule has 0 bridgehead atoms. The van der Waals surface area contributed by atoms with Crippen LogP contribution in [0.5, 0.6) is 0 Å². The lowest BCUT2D eigenvalue weighted by atomic mass is 10.3. The van der Waals surface area contributed by atoms with Gasteiger partial charge in [-0.2, -0.15) is 10.2 Å². The van der Waals surface area contributed by atoms with Crippen molar-refractivity contribution in [1.29, 1.82) is 0 Å². The molecule has 1 aliphatic heterocycles. The predicted octanol–water partition coefficient (Wildman–Crippen LogP) is 1.55. The van der Waals surface area contributed by atoms with Gasteiger partial charge in [0.15, 0.2) is 0 Å². The summed E-state index contributed by atoms with van der Waals surface area (Å²) in [4.78, 5) is 17.0. The first-order valence-corrected chi connectivity index (χ1v) is 8.57. The normalized spacial score (nSPS) is 16.6. The van der Waals surface area contributed by atoms with E-state index in [0.717, 1.165) is 39.1 Å². The van der Waals surface area contributed by atoms with Gasteiger partial charge in [-0.15, -0.1) is 0 Å². The van der Waals surface area contributed by atoms with Gasteiger partial charge in [0.1, 0.15) is 5.69 Å². The summed E-state index contributed by atoms with van der Waals surface area (Å²) < 4.78 is 3.66. The molecule has 0 N–H and O–H groups in total. The highest BCUT2D eigenvalue weighted by atomic mass is 16.2. The lowest BCUT2D eigenvalue weighted by molar-refractivity contribution is 0.0754. The Balaban J connectivity index is 1.59. The second-order valence-corrected chi connectivity index (χ2v) is 6.72. The SMILES string of the molecule is CC(C)n1ccc(C(=O)N2CCCN(Cc3cnn(C)c3)CC2)n1. The molecule has 7 heteroatoms. The molecule has 1 amide bonds. The maximum absolute atomic E-state index is 12.7. The van der Waals surface area contributed by atoms with Crippen LogP contribution >= 0.6 is 0 Å². The minimum Gasteiger partial charge on any atom is -0.336 e. The number of carbonyl (C=O) groups excluding carboxylic acids is 1. The molecule has 7 nitrogen and oxygen atoms in total. The number of aromatic nitrogens is 4. The molecule has 1 fully saturated rings. The van der Waals surface area contributed by atoms with Gasteiger partial charge in [0.2, 0.25) is 0 Å². The van der Waals surface area contributed by atoms with Gasteiger partial charge >= 0.3 is 0 Å². The molecule has 3 heterocycles. The van der Waals surface area contributed by atoms with Crippen molar-refractivity contribution in [3.63, 3.8) is 0 Å². The van der Waals surface area contributed by atoms with Gasteiger partial charge < -0.3 is 4.90 Å². The topological polar surface area (TPSA) is 59.2 Å². The Morgan fingerprint density at radius 2 is 2.08 bits per heavy atom. The Morgan fingerprint density at radius 1 is 1.25 bits per heavy atom. The summed E-state index contributed by atoms with van der Waals surface area (Å²) in [5.74, 6) is 0.0395. The number of amides is 1. The molecule has 0 spiro atoms. The van der Waals surface area contributed by atoms with Gasteiger partial charge in [-0.3, -0.25) is 19.1 Å². The van der Waals surface area contributed by atoms with Crippen molar-refractivity contribution < 1.29 is 4.79 Å². The first-order valence-electron chi connectivity index (χ1n) is 8.57. The fourth-order valence-corrected chi connectivity index (χ4v) is 3.05. The third kappa shape index (κ3) is 3.84. The summed E-state index contributed by atoms with van der Waals surface area (Å²) in [6.07, 6.45) is 6.82. The largest absolute Gasteiger partial charge is 0.336 e. The van der Waals surface area contributed by atoms with Crippen molar-refractivity contribution in [2.75, 3.05) is 26.2 Å². The Labute approximate surface area is 142 Å². The van der Waals surface area contributed by atoms with Crippen molar-refractivity contribution >= 4 is 5.91 Å². The van der Waals surface area contributed by atoms with Crippen LogP contribution in [0.15, 0.2) is 24.7 Å². The monoisotopic (exact) mass is 330 g/mol. The zero-order valence-electron chi connectivity index (χ0n) is 14.7. The molecule has 0 radical (unpaired) electrons. The summed E-state index contributed by atoms with van der Waals surface area (Å²) in [7, 11) is 1.93. The number of carbonyl (C=O) groups is 1. The Morgan fingerprint density at radius 3 is 2.75 bits per heavy atom. The standard InChI is InChI=1S/C17H26N6O/c1-14(2)23-8-5-16(19-23)17(24)22-7-4-6-21(9-10-22)13-15-11-18-20(3)12-15/h5,8,11-12,14H,4,6-7,9-10,13H2,1-3H3. The third-order valence-corrected chi connectivity index (χ3v) is 4.40. The third-order valence-electron chi connectivity index (χ3n) is 4.40. The molecule has 0 saturated carbocycles. The first kappa shape index (κ1) is 16.7. The minimum atomic E-state index is 0.0395. The number of nitrogens with zero attached hydrogens (tertiary/aromatic N) is 6. The van der Waals surface area contributed by atoms with Crippen LogP contribution in [0.3, 0.4) is 0 Å². The molecule has 24 heavy (non-hydrogen) atoms. The van der Waals surface area contributed by atoms with E-state index in [1.165, 1.54) is 5.56 Å². The zero-order valence-corrected chi connectivity index (χ0v) is 14.7. The second kappa shape index (κ2) is 7.17. The number of aryl methyl sites for hydroxylation is 1. The Kier molecular flexibility index (Phi) is 4.99.